The van der Waals surface area contributed by atoms with E-state index in [4.69, 9.17) is 16.6 Å². The van der Waals surface area contributed by atoms with Gasteiger partial charge in [0.05, 0.1) is 11.4 Å². The third kappa shape index (κ3) is 2.74. The van der Waals surface area contributed by atoms with Crippen LogP contribution in [0.25, 0.3) is 0 Å². The third-order valence-corrected chi connectivity index (χ3v) is 2.31. The van der Waals surface area contributed by atoms with Gasteiger partial charge in [-0.15, -0.1) is 34.0 Å². The van der Waals surface area contributed by atoms with Gasteiger partial charge in [-0.1, -0.05) is 0 Å². The quantitative estimate of drug-likeness (QED) is 0.504. The molecule has 1 aromatic rings. The van der Waals surface area contributed by atoms with Crippen LogP contribution in [0, 0.1) is 0 Å². The first-order valence-corrected chi connectivity index (χ1v) is 4.45. The largest absolute Gasteiger partial charge is 0.477 e. The van der Waals surface area contributed by atoms with Crippen molar-refractivity contribution in [3.05, 3.63) is 23.8 Å². The Labute approximate surface area is 123 Å². The number of fused-ring (bicyclic) bond motifs is 1. The van der Waals surface area contributed by atoms with E-state index in [0.717, 1.165) is 0 Å². The number of nitrogens with one attached hydrogen (secondary N) is 2. The average molecular weight is 384 g/mol. The number of anilines is 2. The van der Waals surface area contributed by atoms with E-state index in [0.29, 0.717) is 11.4 Å². The van der Waals surface area contributed by atoms with Gasteiger partial charge in [0.25, 0.3) is 5.79 Å². The smallest absolute Gasteiger partial charge is 0.366 e. The molecule has 1 unspecified atom stereocenters. The predicted octanol–water partition coefficient (Wildman–Crippen LogP) is 0.476. The Bertz CT molecular complexity index is 497. The summed E-state index contributed by atoms with van der Waals surface area (Å²) >= 11 is 0. The monoisotopic (exact) mass is 382 g/mol. The Kier molecular flexibility index (Phi) is 5.14. The van der Waals surface area contributed by atoms with Crippen LogP contribution in [-0.2, 0) is 4.79 Å². The molecule has 7 nitrogen and oxygen atoms in total. The molecule has 2 rings (SSSR count). The minimum atomic E-state index is -1.75. The molecule has 0 saturated carbocycles. The molecule has 0 saturated heterocycles. The van der Waals surface area contributed by atoms with E-state index < -0.39 is 17.7 Å². The van der Waals surface area contributed by atoms with Gasteiger partial charge in [0.15, 0.2) is 0 Å². The SMILES string of the molecule is Br.Br.NC(=O)c1ccc2c(c1)NC(N)(C(=O)O)N2. The number of amides is 1. The van der Waals surface area contributed by atoms with Crippen molar-refractivity contribution in [1.82, 2.24) is 0 Å². The van der Waals surface area contributed by atoms with E-state index >= 15 is 0 Å². The molecule has 100 valence electrons. The Morgan fingerprint density at radius 2 is 1.72 bits per heavy atom. The van der Waals surface area contributed by atoms with Crippen molar-refractivity contribution >= 4 is 57.2 Å². The number of aliphatic carboxylic acids is 1. The minimum Gasteiger partial charge on any atom is -0.477 e. The summed E-state index contributed by atoms with van der Waals surface area (Å²) in [4.78, 5) is 21.8. The number of carboxylic acids is 1. The number of nitrogens with two attached hydrogens (primary N) is 2. The second-order valence-electron chi connectivity index (χ2n) is 3.49. The molecule has 1 atom stereocenters. The first kappa shape index (κ1) is 16.7. The lowest BCUT2D eigenvalue weighted by atomic mass is 10.2. The van der Waals surface area contributed by atoms with Crippen LogP contribution >= 0.6 is 34.0 Å². The van der Waals surface area contributed by atoms with Crippen LogP contribution < -0.4 is 22.1 Å². The van der Waals surface area contributed by atoms with Crippen LogP contribution in [0.15, 0.2) is 18.2 Å². The second kappa shape index (κ2) is 5.55. The molecule has 1 aliphatic heterocycles. The van der Waals surface area contributed by atoms with Crippen molar-refractivity contribution in [1.29, 1.82) is 0 Å². The van der Waals surface area contributed by atoms with Crippen molar-refractivity contribution < 1.29 is 14.7 Å². The lowest BCUT2D eigenvalue weighted by Crippen LogP contribution is -2.57. The fourth-order valence-corrected chi connectivity index (χ4v) is 1.47. The van der Waals surface area contributed by atoms with E-state index in [1.165, 1.54) is 12.1 Å². The highest BCUT2D eigenvalue weighted by atomic mass is 79.9. The highest BCUT2D eigenvalue weighted by molar-refractivity contribution is 8.93. The van der Waals surface area contributed by atoms with Gasteiger partial charge in [0.2, 0.25) is 5.91 Å². The molecule has 1 amide bonds. The van der Waals surface area contributed by atoms with Crippen molar-refractivity contribution in [2.24, 2.45) is 11.5 Å². The van der Waals surface area contributed by atoms with Gasteiger partial charge in [-0.2, -0.15) is 0 Å². The van der Waals surface area contributed by atoms with Gasteiger partial charge < -0.3 is 21.5 Å². The number of primary amides is 1. The molecule has 1 aromatic carbocycles. The molecule has 0 aromatic heterocycles. The predicted molar refractivity (Wildman–Crippen MR) is 77.4 cm³/mol. The molecule has 0 aliphatic carbocycles. The Balaban J connectivity index is 0.00000144. The highest BCUT2D eigenvalue weighted by Crippen LogP contribution is 2.32. The maximum Gasteiger partial charge on any atom is 0.366 e. The van der Waals surface area contributed by atoms with E-state index in [2.05, 4.69) is 10.6 Å². The summed E-state index contributed by atoms with van der Waals surface area (Å²) in [6.07, 6.45) is 0. The molecule has 0 spiro atoms. The van der Waals surface area contributed by atoms with Gasteiger partial charge in [0, 0.05) is 5.56 Å². The van der Waals surface area contributed by atoms with Crippen LogP contribution in [-0.4, -0.2) is 22.8 Å². The average Bonchev–Trinajstić information content (AvgIpc) is 2.54. The van der Waals surface area contributed by atoms with Crippen LogP contribution in [0.3, 0.4) is 0 Å². The Morgan fingerprint density at radius 3 is 2.22 bits per heavy atom. The fourth-order valence-electron chi connectivity index (χ4n) is 1.47. The topological polar surface area (TPSA) is 130 Å². The molecule has 0 fully saturated rings. The highest BCUT2D eigenvalue weighted by Gasteiger charge is 2.39. The van der Waals surface area contributed by atoms with Gasteiger partial charge in [-0.05, 0) is 18.2 Å². The van der Waals surface area contributed by atoms with Gasteiger partial charge in [0.1, 0.15) is 0 Å². The van der Waals surface area contributed by atoms with E-state index in [1.54, 1.807) is 6.07 Å². The number of benzene rings is 1. The summed E-state index contributed by atoms with van der Waals surface area (Å²) in [7, 11) is 0. The molecular formula is C9H12Br2N4O3. The summed E-state index contributed by atoms with van der Waals surface area (Å²) in [5.41, 5.74) is 11.9. The molecule has 0 bridgehead atoms. The molecule has 0 radical (unpaired) electrons. The summed E-state index contributed by atoms with van der Waals surface area (Å²) in [6.45, 7) is 0. The molecular weight excluding hydrogens is 372 g/mol. The number of carbonyl (C=O) groups is 2. The summed E-state index contributed by atoms with van der Waals surface area (Å²) in [5.74, 6) is -3.59. The summed E-state index contributed by atoms with van der Waals surface area (Å²) in [6, 6.07) is 4.48. The van der Waals surface area contributed by atoms with Gasteiger partial charge >= 0.3 is 5.97 Å². The molecule has 1 heterocycles. The van der Waals surface area contributed by atoms with E-state index in [-0.39, 0.29) is 39.5 Å². The maximum atomic E-state index is 10.9. The van der Waals surface area contributed by atoms with Crippen LogP contribution in [0.5, 0.6) is 0 Å². The number of halogens is 2. The Morgan fingerprint density at radius 1 is 1.17 bits per heavy atom. The molecule has 1 aliphatic rings. The van der Waals surface area contributed by atoms with Crippen molar-refractivity contribution in [3.8, 4) is 0 Å². The zero-order valence-electron chi connectivity index (χ0n) is 8.97. The molecule has 7 N–H and O–H groups in total. The normalized spacial score (nSPS) is 19.4. The molecule has 18 heavy (non-hydrogen) atoms. The number of hydrogen-bond acceptors (Lipinski definition) is 5. The van der Waals surface area contributed by atoms with Crippen molar-refractivity contribution in [2.45, 2.75) is 5.79 Å². The zero-order chi connectivity index (χ0) is 11.9. The van der Waals surface area contributed by atoms with Crippen LogP contribution in [0.1, 0.15) is 10.4 Å². The number of carbonyl (C=O) groups excluding carboxylic acids is 1. The fraction of sp³-hybridized carbons (Fsp3) is 0.111. The van der Waals surface area contributed by atoms with E-state index in [9.17, 15) is 9.59 Å². The maximum absolute atomic E-state index is 10.9. The van der Waals surface area contributed by atoms with E-state index in [1.807, 2.05) is 0 Å². The van der Waals surface area contributed by atoms with Gasteiger partial charge in [-0.3, -0.25) is 10.5 Å². The summed E-state index contributed by atoms with van der Waals surface area (Å²) < 4.78 is 0. The lowest BCUT2D eigenvalue weighted by molar-refractivity contribution is -0.141. The second-order valence-corrected chi connectivity index (χ2v) is 3.49. The Hall–Kier alpha value is -1.32. The zero-order valence-corrected chi connectivity index (χ0v) is 12.4. The standard InChI is InChI=1S/C9H10N4O3.2BrH/c10-7(14)4-1-2-5-6(3-4)13-9(11,12-5)8(15)16;;/h1-3,12-13H,11H2,(H2,10,14)(H,15,16);2*1H. The van der Waals surface area contributed by atoms with Crippen LogP contribution in [0.4, 0.5) is 11.4 Å². The number of rotatable bonds is 2. The molecule has 9 heteroatoms. The minimum absolute atomic E-state index is 0. The van der Waals surface area contributed by atoms with Gasteiger partial charge in [-0.25, -0.2) is 4.79 Å². The number of carboxylic acid groups (broad SMARTS) is 1. The van der Waals surface area contributed by atoms with Crippen molar-refractivity contribution in [3.63, 3.8) is 0 Å². The summed E-state index contributed by atoms with van der Waals surface area (Å²) in [5, 5.41) is 14.0. The lowest BCUT2D eigenvalue weighted by Gasteiger charge is -2.19. The van der Waals surface area contributed by atoms with Crippen molar-refractivity contribution in [2.75, 3.05) is 10.6 Å². The first-order chi connectivity index (χ1) is 7.42. The number of hydrogen-bond donors (Lipinski definition) is 5. The first-order valence-electron chi connectivity index (χ1n) is 4.45. The van der Waals surface area contributed by atoms with Crippen LogP contribution in [0.2, 0.25) is 0 Å². The third-order valence-electron chi connectivity index (χ3n) is 2.31.